The minimum atomic E-state index is -4.23. The standard InChI is InChI=1S/C10H10N2O3S2/c13-17(14,15)16-6-5-10-9-4-2-1-3-8(9)7-11-12-10/h1-4,7H,5-6H2,(H,13,14,15)/p-1. The van der Waals surface area contributed by atoms with Gasteiger partial charge in [0.1, 0.15) is 9.15 Å². The molecule has 0 spiro atoms. The Morgan fingerprint density at radius 1 is 1.29 bits per heavy atom. The van der Waals surface area contributed by atoms with Gasteiger partial charge < -0.3 is 4.55 Å². The van der Waals surface area contributed by atoms with Gasteiger partial charge in [-0.25, -0.2) is 8.42 Å². The maximum absolute atomic E-state index is 10.5. The summed E-state index contributed by atoms with van der Waals surface area (Å²) in [5, 5.41) is 9.70. The largest absolute Gasteiger partial charge is 0.739 e. The van der Waals surface area contributed by atoms with E-state index in [2.05, 4.69) is 10.2 Å². The molecular formula is C10H9N2O3S2-. The predicted octanol–water partition coefficient (Wildman–Crippen LogP) is 1.37. The highest BCUT2D eigenvalue weighted by Gasteiger charge is 2.04. The van der Waals surface area contributed by atoms with E-state index in [1.165, 1.54) is 0 Å². The zero-order valence-electron chi connectivity index (χ0n) is 8.74. The molecule has 0 amide bonds. The summed E-state index contributed by atoms with van der Waals surface area (Å²) in [5.74, 6) is 0.189. The highest BCUT2D eigenvalue weighted by atomic mass is 33.1. The number of fused-ring (bicyclic) bond motifs is 1. The van der Waals surface area contributed by atoms with Crippen molar-refractivity contribution in [2.24, 2.45) is 0 Å². The zero-order chi connectivity index (χ0) is 12.3. The summed E-state index contributed by atoms with van der Waals surface area (Å²) in [6.07, 6.45) is 2.05. The van der Waals surface area contributed by atoms with E-state index in [1.54, 1.807) is 6.20 Å². The van der Waals surface area contributed by atoms with Gasteiger partial charge in [0, 0.05) is 22.9 Å². The Balaban J connectivity index is 2.19. The first-order valence-corrected chi connectivity index (χ1v) is 7.77. The summed E-state index contributed by atoms with van der Waals surface area (Å²) in [4.78, 5) is 0. The molecule has 90 valence electrons. The van der Waals surface area contributed by atoms with Gasteiger partial charge in [-0.2, -0.15) is 10.2 Å². The van der Waals surface area contributed by atoms with Crippen LogP contribution < -0.4 is 0 Å². The molecule has 0 saturated carbocycles. The van der Waals surface area contributed by atoms with Crippen LogP contribution in [0.25, 0.3) is 10.8 Å². The van der Waals surface area contributed by atoms with Crippen LogP contribution in [0.5, 0.6) is 0 Å². The average Bonchev–Trinajstić information content (AvgIpc) is 2.28. The van der Waals surface area contributed by atoms with E-state index in [1.807, 2.05) is 24.3 Å². The summed E-state index contributed by atoms with van der Waals surface area (Å²) < 4.78 is 31.4. The Hall–Kier alpha value is -1.18. The lowest BCUT2D eigenvalue weighted by atomic mass is 10.1. The van der Waals surface area contributed by atoms with Gasteiger partial charge in [-0.15, -0.1) is 0 Å². The first-order chi connectivity index (χ1) is 8.06. The van der Waals surface area contributed by atoms with Crippen LogP contribution in [0.15, 0.2) is 30.5 Å². The van der Waals surface area contributed by atoms with Crippen molar-refractivity contribution in [3.8, 4) is 0 Å². The Kier molecular flexibility index (Phi) is 3.60. The number of aryl methyl sites for hydroxylation is 1. The third-order valence-corrected chi connectivity index (χ3v) is 4.24. The maximum atomic E-state index is 10.5. The highest BCUT2D eigenvalue weighted by molar-refractivity contribution is 8.69. The molecule has 17 heavy (non-hydrogen) atoms. The van der Waals surface area contributed by atoms with E-state index in [0.717, 1.165) is 10.8 Å². The Labute approximate surface area is 102 Å². The summed E-state index contributed by atoms with van der Waals surface area (Å²) in [5.41, 5.74) is 0.708. The third-order valence-electron chi connectivity index (χ3n) is 2.21. The molecule has 0 aliphatic carbocycles. The molecule has 0 radical (unpaired) electrons. The van der Waals surface area contributed by atoms with Crippen molar-refractivity contribution in [3.63, 3.8) is 0 Å². The van der Waals surface area contributed by atoms with Crippen molar-refractivity contribution in [1.29, 1.82) is 0 Å². The second-order valence-electron chi connectivity index (χ2n) is 3.36. The molecule has 1 aromatic carbocycles. The smallest absolute Gasteiger partial charge is 0.149 e. The normalized spacial score (nSPS) is 11.8. The average molecular weight is 269 g/mol. The molecule has 1 heterocycles. The molecule has 0 bridgehead atoms. The Bertz CT molecular complexity index is 623. The quantitative estimate of drug-likeness (QED) is 0.615. The van der Waals surface area contributed by atoms with Crippen LogP contribution in [-0.4, -0.2) is 28.9 Å². The molecule has 0 N–H and O–H groups in total. The van der Waals surface area contributed by atoms with Crippen LogP contribution in [0.4, 0.5) is 0 Å². The molecule has 0 atom stereocenters. The second kappa shape index (κ2) is 4.99. The minimum Gasteiger partial charge on any atom is -0.739 e. The van der Waals surface area contributed by atoms with Crippen molar-refractivity contribution in [2.75, 3.05) is 5.75 Å². The Morgan fingerprint density at radius 2 is 2.06 bits per heavy atom. The van der Waals surface area contributed by atoms with Gasteiger partial charge in [0.05, 0.1) is 11.9 Å². The van der Waals surface area contributed by atoms with Gasteiger partial charge in [-0.3, -0.25) is 0 Å². The highest BCUT2D eigenvalue weighted by Crippen LogP contribution is 2.18. The molecule has 5 nitrogen and oxygen atoms in total. The summed E-state index contributed by atoms with van der Waals surface area (Å²) in [6.45, 7) is 0. The SMILES string of the molecule is O=S(=O)([O-])SCCc1nncc2ccccc12. The Morgan fingerprint density at radius 3 is 2.82 bits per heavy atom. The van der Waals surface area contributed by atoms with E-state index in [9.17, 15) is 13.0 Å². The maximum Gasteiger partial charge on any atom is 0.149 e. The fourth-order valence-corrected chi connectivity index (χ4v) is 2.86. The van der Waals surface area contributed by atoms with Gasteiger partial charge in [-0.1, -0.05) is 24.3 Å². The van der Waals surface area contributed by atoms with Crippen molar-refractivity contribution in [3.05, 3.63) is 36.2 Å². The molecule has 0 aliphatic heterocycles. The molecule has 7 heteroatoms. The molecule has 2 aromatic rings. The van der Waals surface area contributed by atoms with Crippen molar-refractivity contribution in [2.45, 2.75) is 6.42 Å². The lowest BCUT2D eigenvalue weighted by Crippen LogP contribution is -1.99. The molecule has 0 aliphatic rings. The van der Waals surface area contributed by atoms with E-state index < -0.39 is 9.15 Å². The number of rotatable bonds is 4. The first-order valence-electron chi connectivity index (χ1n) is 4.86. The first kappa shape index (κ1) is 12.3. The lowest BCUT2D eigenvalue weighted by molar-refractivity contribution is 0.482. The van der Waals surface area contributed by atoms with Crippen LogP contribution >= 0.6 is 10.8 Å². The summed E-state index contributed by atoms with van der Waals surface area (Å²) in [7, 11) is -3.84. The van der Waals surface area contributed by atoms with Crippen LogP contribution in [0.1, 0.15) is 5.69 Å². The van der Waals surface area contributed by atoms with E-state index in [0.29, 0.717) is 22.9 Å². The fourth-order valence-electron chi connectivity index (χ4n) is 1.51. The van der Waals surface area contributed by atoms with Crippen LogP contribution in [0.2, 0.25) is 0 Å². The third kappa shape index (κ3) is 3.39. The molecule has 2 rings (SSSR count). The van der Waals surface area contributed by atoms with Gasteiger partial charge in [0.15, 0.2) is 0 Å². The molecule has 0 saturated heterocycles. The second-order valence-corrected chi connectivity index (χ2v) is 6.75. The molecule has 0 unspecified atom stereocenters. The van der Waals surface area contributed by atoms with Crippen molar-refractivity contribution < 1.29 is 13.0 Å². The van der Waals surface area contributed by atoms with Crippen LogP contribution in [-0.2, 0) is 15.6 Å². The van der Waals surface area contributed by atoms with E-state index >= 15 is 0 Å². The van der Waals surface area contributed by atoms with Gasteiger partial charge in [0.25, 0.3) is 0 Å². The lowest BCUT2D eigenvalue weighted by Gasteiger charge is -2.06. The number of aromatic nitrogens is 2. The molecule has 0 fully saturated rings. The van der Waals surface area contributed by atoms with Crippen molar-refractivity contribution >= 4 is 30.7 Å². The topological polar surface area (TPSA) is 83.0 Å². The van der Waals surface area contributed by atoms with Crippen LogP contribution in [0.3, 0.4) is 0 Å². The van der Waals surface area contributed by atoms with Gasteiger partial charge in [0.2, 0.25) is 0 Å². The summed E-state index contributed by atoms with van der Waals surface area (Å²) >= 11 is 0. The minimum absolute atomic E-state index is 0.189. The van der Waals surface area contributed by atoms with Gasteiger partial charge >= 0.3 is 0 Å². The molecule has 1 aromatic heterocycles. The number of hydrogen-bond donors (Lipinski definition) is 0. The van der Waals surface area contributed by atoms with E-state index in [-0.39, 0.29) is 5.75 Å². The predicted molar refractivity (Wildman–Crippen MR) is 65.4 cm³/mol. The van der Waals surface area contributed by atoms with E-state index in [4.69, 9.17) is 0 Å². The molecular weight excluding hydrogens is 260 g/mol. The fraction of sp³-hybridized carbons (Fsp3) is 0.200. The zero-order valence-corrected chi connectivity index (χ0v) is 10.4. The summed E-state index contributed by atoms with van der Waals surface area (Å²) in [6, 6.07) is 7.58. The van der Waals surface area contributed by atoms with Crippen molar-refractivity contribution in [1.82, 2.24) is 10.2 Å². The number of benzene rings is 1. The van der Waals surface area contributed by atoms with Crippen LogP contribution in [0, 0.1) is 0 Å². The monoisotopic (exact) mass is 269 g/mol. The number of nitrogens with zero attached hydrogens (tertiary/aromatic N) is 2. The van der Waals surface area contributed by atoms with Gasteiger partial charge in [-0.05, 0) is 10.8 Å². The number of hydrogen-bond acceptors (Lipinski definition) is 6.